The zero-order valence-electron chi connectivity index (χ0n) is 12.6. The highest BCUT2D eigenvalue weighted by Gasteiger charge is 2.04. The lowest BCUT2D eigenvalue weighted by atomic mass is 10.3. The Morgan fingerprint density at radius 3 is 2.60 bits per heavy atom. The van der Waals surface area contributed by atoms with Gasteiger partial charge in [0.1, 0.15) is 5.82 Å². The first-order valence-electron chi connectivity index (χ1n) is 7.25. The van der Waals surface area contributed by atoms with Crippen molar-refractivity contribution >= 4 is 17.7 Å². The molecule has 1 aromatic heterocycles. The average molecular weight is 279 g/mol. The molecule has 0 fully saturated rings. The normalized spacial score (nSPS) is 10.2. The van der Waals surface area contributed by atoms with Gasteiger partial charge in [0.05, 0.1) is 0 Å². The fourth-order valence-electron chi connectivity index (χ4n) is 1.59. The predicted octanol–water partition coefficient (Wildman–Crippen LogP) is 1.94. The van der Waals surface area contributed by atoms with Crippen LogP contribution in [0.3, 0.4) is 0 Å². The van der Waals surface area contributed by atoms with E-state index in [2.05, 4.69) is 32.8 Å². The number of carbonyl (C=O) groups is 1. The van der Waals surface area contributed by atoms with Crippen LogP contribution in [0, 0.1) is 6.92 Å². The molecule has 0 saturated heterocycles. The van der Waals surface area contributed by atoms with Crippen LogP contribution < -0.4 is 16.0 Å². The van der Waals surface area contributed by atoms with Crippen LogP contribution in [0.1, 0.15) is 38.7 Å². The maximum absolute atomic E-state index is 11.5. The van der Waals surface area contributed by atoms with E-state index in [0.29, 0.717) is 18.9 Å². The second-order valence-corrected chi connectivity index (χ2v) is 4.68. The highest BCUT2D eigenvalue weighted by atomic mass is 16.1. The van der Waals surface area contributed by atoms with E-state index in [1.165, 1.54) is 0 Å². The van der Waals surface area contributed by atoms with Gasteiger partial charge in [0, 0.05) is 37.8 Å². The molecule has 20 heavy (non-hydrogen) atoms. The van der Waals surface area contributed by atoms with Gasteiger partial charge in [0.15, 0.2) is 0 Å². The first kappa shape index (κ1) is 16.2. The second kappa shape index (κ2) is 9.12. The molecule has 0 aliphatic carbocycles. The van der Waals surface area contributed by atoms with Crippen molar-refractivity contribution in [2.45, 2.75) is 40.0 Å². The third-order valence-electron chi connectivity index (χ3n) is 2.72. The van der Waals surface area contributed by atoms with Crippen LogP contribution >= 0.6 is 0 Å². The van der Waals surface area contributed by atoms with E-state index >= 15 is 0 Å². The summed E-state index contributed by atoms with van der Waals surface area (Å²) in [4.78, 5) is 20.1. The van der Waals surface area contributed by atoms with Gasteiger partial charge in [-0.1, -0.05) is 13.8 Å². The van der Waals surface area contributed by atoms with E-state index < -0.39 is 0 Å². The monoisotopic (exact) mass is 279 g/mol. The van der Waals surface area contributed by atoms with Gasteiger partial charge in [0.25, 0.3) is 0 Å². The van der Waals surface area contributed by atoms with Gasteiger partial charge in [-0.3, -0.25) is 4.79 Å². The smallest absolute Gasteiger partial charge is 0.224 e. The number of nitrogens with zero attached hydrogens (tertiary/aromatic N) is 2. The van der Waals surface area contributed by atoms with Gasteiger partial charge in [-0.25, -0.2) is 4.98 Å². The standard InChI is InChI=1S/C14H25N5O/c1-4-7-15-12(20)6-9-16-13-11(3)10-18-14(19-13)17-8-5-2/h10H,4-9H2,1-3H3,(H,15,20)(H2,16,17,18,19). The molecule has 0 bridgehead atoms. The predicted molar refractivity (Wildman–Crippen MR) is 82.0 cm³/mol. The zero-order chi connectivity index (χ0) is 14.8. The van der Waals surface area contributed by atoms with Crippen molar-refractivity contribution in [3.63, 3.8) is 0 Å². The van der Waals surface area contributed by atoms with Crippen molar-refractivity contribution in [2.75, 3.05) is 30.3 Å². The zero-order valence-corrected chi connectivity index (χ0v) is 12.6. The maximum Gasteiger partial charge on any atom is 0.224 e. The number of carbonyl (C=O) groups excluding carboxylic acids is 1. The van der Waals surface area contributed by atoms with Gasteiger partial charge in [-0.05, 0) is 19.8 Å². The topological polar surface area (TPSA) is 78.9 Å². The number of nitrogens with one attached hydrogen (secondary N) is 3. The summed E-state index contributed by atoms with van der Waals surface area (Å²) in [7, 11) is 0. The van der Waals surface area contributed by atoms with Crippen molar-refractivity contribution < 1.29 is 4.79 Å². The van der Waals surface area contributed by atoms with Crippen molar-refractivity contribution in [3.05, 3.63) is 11.8 Å². The minimum atomic E-state index is 0.0652. The van der Waals surface area contributed by atoms with Crippen molar-refractivity contribution in [1.29, 1.82) is 0 Å². The van der Waals surface area contributed by atoms with E-state index in [9.17, 15) is 4.79 Å². The lowest BCUT2D eigenvalue weighted by molar-refractivity contribution is -0.120. The van der Waals surface area contributed by atoms with Crippen molar-refractivity contribution in [1.82, 2.24) is 15.3 Å². The third kappa shape index (κ3) is 5.86. The molecule has 112 valence electrons. The lowest BCUT2D eigenvalue weighted by Gasteiger charge is -2.10. The molecule has 1 heterocycles. The number of aryl methyl sites for hydroxylation is 1. The Hall–Kier alpha value is -1.85. The minimum absolute atomic E-state index is 0.0652. The number of hydrogen-bond acceptors (Lipinski definition) is 5. The Kier molecular flexibility index (Phi) is 7.39. The van der Waals surface area contributed by atoms with Crippen molar-refractivity contribution in [3.8, 4) is 0 Å². The fourth-order valence-corrected chi connectivity index (χ4v) is 1.59. The van der Waals surface area contributed by atoms with Crippen LogP contribution in [-0.4, -0.2) is 35.5 Å². The SMILES string of the molecule is CCCNC(=O)CCNc1nc(NCCC)ncc1C. The Bertz CT molecular complexity index is 422. The van der Waals surface area contributed by atoms with Gasteiger partial charge < -0.3 is 16.0 Å². The molecule has 0 radical (unpaired) electrons. The van der Waals surface area contributed by atoms with Crippen LogP contribution in [0.5, 0.6) is 0 Å². The maximum atomic E-state index is 11.5. The summed E-state index contributed by atoms with van der Waals surface area (Å²) in [5.41, 5.74) is 0.973. The van der Waals surface area contributed by atoms with Gasteiger partial charge in [0.2, 0.25) is 11.9 Å². The molecule has 1 aromatic rings. The Morgan fingerprint density at radius 1 is 1.15 bits per heavy atom. The molecule has 1 rings (SSSR count). The molecule has 0 spiro atoms. The number of hydrogen-bond donors (Lipinski definition) is 3. The van der Waals surface area contributed by atoms with Crippen molar-refractivity contribution in [2.24, 2.45) is 0 Å². The van der Waals surface area contributed by atoms with E-state index in [1.54, 1.807) is 6.20 Å². The molecular weight excluding hydrogens is 254 g/mol. The summed E-state index contributed by atoms with van der Waals surface area (Å²) in [6, 6.07) is 0. The fraction of sp³-hybridized carbons (Fsp3) is 0.643. The Labute approximate surface area is 120 Å². The minimum Gasteiger partial charge on any atom is -0.369 e. The number of aromatic nitrogens is 2. The van der Waals surface area contributed by atoms with Gasteiger partial charge >= 0.3 is 0 Å². The molecule has 0 aliphatic heterocycles. The van der Waals surface area contributed by atoms with Crippen LogP contribution in [0.2, 0.25) is 0 Å². The molecule has 0 saturated carbocycles. The largest absolute Gasteiger partial charge is 0.369 e. The Morgan fingerprint density at radius 2 is 1.90 bits per heavy atom. The summed E-state index contributed by atoms with van der Waals surface area (Å²) in [6.07, 6.45) is 4.21. The molecule has 0 aromatic carbocycles. The molecule has 6 heteroatoms. The van der Waals surface area contributed by atoms with E-state index in [-0.39, 0.29) is 5.91 Å². The Balaban J connectivity index is 2.44. The number of rotatable bonds is 9. The van der Waals surface area contributed by atoms with Crippen LogP contribution in [0.25, 0.3) is 0 Å². The molecule has 1 amide bonds. The van der Waals surface area contributed by atoms with E-state index in [1.807, 2.05) is 13.8 Å². The summed E-state index contributed by atoms with van der Waals surface area (Å²) in [6.45, 7) is 8.23. The van der Waals surface area contributed by atoms with Crippen LogP contribution in [-0.2, 0) is 4.79 Å². The quantitative estimate of drug-likeness (QED) is 0.644. The molecular formula is C14H25N5O. The third-order valence-corrected chi connectivity index (χ3v) is 2.72. The van der Waals surface area contributed by atoms with Gasteiger partial charge in [-0.2, -0.15) is 4.98 Å². The lowest BCUT2D eigenvalue weighted by Crippen LogP contribution is -2.26. The van der Waals surface area contributed by atoms with Crippen LogP contribution in [0.15, 0.2) is 6.20 Å². The van der Waals surface area contributed by atoms with E-state index in [4.69, 9.17) is 0 Å². The summed E-state index contributed by atoms with van der Waals surface area (Å²) < 4.78 is 0. The molecule has 3 N–H and O–H groups in total. The van der Waals surface area contributed by atoms with Gasteiger partial charge in [-0.15, -0.1) is 0 Å². The van der Waals surface area contributed by atoms with E-state index in [0.717, 1.165) is 37.3 Å². The first-order valence-corrected chi connectivity index (χ1v) is 7.25. The molecule has 0 aliphatic rings. The number of anilines is 2. The first-order chi connectivity index (χ1) is 9.67. The second-order valence-electron chi connectivity index (χ2n) is 4.68. The molecule has 6 nitrogen and oxygen atoms in total. The summed E-state index contributed by atoms with van der Waals surface area (Å²) >= 11 is 0. The highest BCUT2D eigenvalue weighted by molar-refractivity contribution is 5.76. The summed E-state index contributed by atoms with van der Waals surface area (Å²) in [5.74, 6) is 1.47. The average Bonchev–Trinajstić information content (AvgIpc) is 2.45. The number of amides is 1. The summed E-state index contributed by atoms with van der Waals surface area (Å²) in [5, 5.41) is 9.18. The molecule has 0 unspecified atom stereocenters. The highest BCUT2D eigenvalue weighted by Crippen LogP contribution is 2.12. The molecule has 0 atom stereocenters. The van der Waals surface area contributed by atoms with Crippen LogP contribution in [0.4, 0.5) is 11.8 Å².